The summed E-state index contributed by atoms with van der Waals surface area (Å²) in [6.07, 6.45) is 2.18. The predicted molar refractivity (Wildman–Crippen MR) is 94.2 cm³/mol. The van der Waals surface area contributed by atoms with Gasteiger partial charge in [0.15, 0.2) is 0 Å². The molecule has 0 aliphatic carbocycles. The monoisotopic (exact) mass is 313 g/mol. The number of nitrogens with zero attached hydrogens (tertiary/aromatic N) is 2. The maximum atomic E-state index is 13.8. The smallest absolute Gasteiger partial charge is 0.146 e. The molecule has 0 unspecified atom stereocenters. The molecule has 0 spiro atoms. The van der Waals surface area contributed by atoms with Gasteiger partial charge in [-0.3, -0.25) is 4.90 Å². The Hall–Kier alpha value is -2.07. The summed E-state index contributed by atoms with van der Waals surface area (Å²) in [5, 5.41) is 0. The van der Waals surface area contributed by atoms with Gasteiger partial charge in [-0.25, -0.2) is 4.39 Å². The van der Waals surface area contributed by atoms with Crippen molar-refractivity contribution >= 4 is 11.4 Å². The number of benzene rings is 2. The van der Waals surface area contributed by atoms with Gasteiger partial charge in [0.25, 0.3) is 0 Å². The van der Waals surface area contributed by atoms with Crippen molar-refractivity contribution in [2.24, 2.45) is 0 Å². The van der Waals surface area contributed by atoms with Crippen molar-refractivity contribution in [2.75, 3.05) is 43.4 Å². The van der Waals surface area contributed by atoms with E-state index in [-0.39, 0.29) is 5.82 Å². The lowest BCUT2D eigenvalue weighted by atomic mass is 10.1. The van der Waals surface area contributed by atoms with E-state index in [9.17, 15) is 4.39 Å². The number of hydrogen-bond acceptors (Lipinski definition) is 3. The lowest BCUT2D eigenvalue weighted by molar-refractivity contribution is 0.254. The molecule has 3 nitrogen and oxygen atoms in total. The highest BCUT2D eigenvalue weighted by Gasteiger charge is 2.18. The molecule has 0 amide bonds. The Labute approximate surface area is 137 Å². The number of piperazine rings is 1. The highest BCUT2D eigenvalue weighted by Crippen LogP contribution is 2.20. The summed E-state index contributed by atoms with van der Waals surface area (Å²) in [5.74, 6) is -0.123. The first-order chi connectivity index (χ1) is 11.2. The van der Waals surface area contributed by atoms with Gasteiger partial charge in [-0.15, -0.1) is 0 Å². The van der Waals surface area contributed by atoms with Crippen molar-refractivity contribution in [3.05, 3.63) is 59.9 Å². The van der Waals surface area contributed by atoms with Crippen LogP contribution >= 0.6 is 0 Å². The summed E-state index contributed by atoms with van der Waals surface area (Å²) in [6.45, 7) is 4.84. The van der Waals surface area contributed by atoms with Crippen molar-refractivity contribution < 1.29 is 4.39 Å². The minimum absolute atomic E-state index is 0.123. The van der Waals surface area contributed by atoms with Crippen molar-refractivity contribution in [1.82, 2.24) is 4.90 Å². The van der Waals surface area contributed by atoms with Crippen LogP contribution in [-0.2, 0) is 6.42 Å². The number of rotatable bonds is 5. The normalized spacial score (nSPS) is 15.8. The summed E-state index contributed by atoms with van der Waals surface area (Å²) in [5.41, 5.74) is 8.67. The van der Waals surface area contributed by atoms with E-state index < -0.39 is 0 Å². The number of anilines is 2. The maximum Gasteiger partial charge on any atom is 0.146 e. The number of nitrogen functional groups attached to an aromatic ring is 1. The summed E-state index contributed by atoms with van der Waals surface area (Å²) in [6, 6.07) is 15.2. The van der Waals surface area contributed by atoms with E-state index in [2.05, 4.69) is 21.9 Å². The summed E-state index contributed by atoms with van der Waals surface area (Å²) < 4.78 is 13.8. The number of para-hydroxylation sites is 1. The zero-order valence-corrected chi connectivity index (χ0v) is 13.4. The maximum absolute atomic E-state index is 13.8. The van der Waals surface area contributed by atoms with E-state index in [1.807, 2.05) is 24.3 Å². The van der Waals surface area contributed by atoms with Crippen LogP contribution in [0.2, 0.25) is 0 Å². The highest BCUT2D eigenvalue weighted by atomic mass is 19.1. The SMILES string of the molecule is Nc1cccc(CCCN2CCN(c3ccccc3F)CC2)c1. The number of aryl methyl sites for hydroxylation is 1. The van der Waals surface area contributed by atoms with Crippen LogP contribution in [-0.4, -0.2) is 37.6 Å². The van der Waals surface area contributed by atoms with E-state index >= 15 is 0 Å². The first-order valence-electron chi connectivity index (χ1n) is 8.28. The van der Waals surface area contributed by atoms with E-state index in [0.717, 1.165) is 56.9 Å². The molecular formula is C19H24FN3. The standard InChI is InChI=1S/C19H24FN3/c20-18-8-1-2-9-19(18)23-13-11-22(12-14-23)10-4-6-16-5-3-7-17(21)15-16/h1-3,5,7-9,15H,4,6,10-14,21H2. The predicted octanol–water partition coefficient (Wildman–Crippen LogP) is 3.16. The molecule has 1 aliphatic rings. The van der Waals surface area contributed by atoms with E-state index in [1.54, 1.807) is 6.07 Å². The van der Waals surface area contributed by atoms with Gasteiger partial charge >= 0.3 is 0 Å². The topological polar surface area (TPSA) is 32.5 Å². The van der Waals surface area contributed by atoms with Crippen LogP contribution in [0.1, 0.15) is 12.0 Å². The third-order valence-corrected chi connectivity index (χ3v) is 4.46. The van der Waals surface area contributed by atoms with Crippen LogP contribution in [0.4, 0.5) is 15.8 Å². The van der Waals surface area contributed by atoms with Crippen LogP contribution < -0.4 is 10.6 Å². The average molecular weight is 313 g/mol. The molecule has 1 heterocycles. The second-order valence-corrected chi connectivity index (χ2v) is 6.13. The van der Waals surface area contributed by atoms with Gasteiger partial charge in [-0.05, 0) is 49.2 Å². The Kier molecular flexibility index (Phi) is 5.13. The van der Waals surface area contributed by atoms with Crippen molar-refractivity contribution in [2.45, 2.75) is 12.8 Å². The first-order valence-corrected chi connectivity index (χ1v) is 8.28. The second-order valence-electron chi connectivity index (χ2n) is 6.13. The molecular weight excluding hydrogens is 289 g/mol. The fourth-order valence-corrected chi connectivity index (χ4v) is 3.18. The van der Waals surface area contributed by atoms with Crippen LogP contribution in [0.15, 0.2) is 48.5 Å². The third kappa shape index (κ3) is 4.23. The molecule has 1 fully saturated rings. The largest absolute Gasteiger partial charge is 0.399 e. The molecule has 0 bridgehead atoms. The van der Waals surface area contributed by atoms with Crippen LogP contribution in [0.5, 0.6) is 0 Å². The quantitative estimate of drug-likeness (QED) is 0.861. The molecule has 3 rings (SSSR count). The average Bonchev–Trinajstić information content (AvgIpc) is 2.56. The Morgan fingerprint density at radius 1 is 0.957 bits per heavy atom. The van der Waals surface area contributed by atoms with Crippen LogP contribution in [0.3, 0.4) is 0 Å². The van der Waals surface area contributed by atoms with Gasteiger partial charge in [0, 0.05) is 31.9 Å². The van der Waals surface area contributed by atoms with Gasteiger partial charge < -0.3 is 10.6 Å². The summed E-state index contributed by atoms with van der Waals surface area (Å²) in [4.78, 5) is 4.60. The first kappa shape index (κ1) is 15.8. The van der Waals surface area contributed by atoms with Gasteiger partial charge in [0.2, 0.25) is 0 Å². The number of nitrogens with two attached hydrogens (primary N) is 1. The molecule has 2 aromatic rings. The lowest BCUT2D eigenvalue weighted by Gasteiger charge is -2.36. The molecule has 0 atom stereocenters. The summed E-state index contributed by atoms with van der Waals surface area (Å²) >= 11 is 0. The minimum atomic E-state index is -0.123. The van der Waals surface area contributed by atoms with E-state index in [4.69, 9.17) is 5.73 Å². The van der Waals surface area contributed by atoms with Crippen molar-refractivity contribution in [3.63, 3.8) is 0 Å². The van der Waals surface area contributed by atoms with Gasteiger partial charge in [0.05, 0.1) is 5.69 Å². The number of hydrogen-bond donors (Lipinski definition) is 1. The fraction of sp³-hybridized carbons (Fsp3) is 0.368. The molecule has 0 aromatic heterocycles. The molecule has 1 saturated heterocycles. The third-order valence-electron chi connectivity index (χ3n) is 4.46. The Morgan fingerprint density at radius 2 is 1.74 bits per heavy atom. The Bertz CT molecular complexity index is 636. The highest BCUT2D eigenvalue weighted by molar-refractivity contribution is 5.48. The molecule has 4 heteroatoms. The Balaban J connectivity index is 1.44. The molecule has 1 aliphatic heterocycles. The van der Waals surface area contributed by atoms with E-state index in [0.29, 0.717) is 0 Å². The van der Waals surface area contributed by atoms with E-state index in [1.165, 1.54) is 11.6 Å². The van der Waals surface area contributed by atoms with Crippen molar-refractivity contribution in [3.8, 4) is 0 Å². The molecule has 0 radical (unpaired) electrons. The molecule has 23 heavy (non-hydrogen) atoms. The minimum Gasteiger partial charge on any atom is -0.399 e. The molecule has 0 saturated carbocycles. The van der Waals surface area contributed by atoms with Crippen LogP contribution in [0.25, 0.3) is 0 Å². The van der Waals surface area contributed by atoms with Gasteiger partial charge in [-0.2, -0.15) is 0 Å². The van der Waals surface area contributed by atoms with Crippen LogP contribution in [0, 0.1) is 5.82 Å². The zero-order valence-electron chi connectivity index (χ0n) is 13.4. The fourth-order valence-electron chi connectivity index (χ4n) is 3.18. The van der Waals surface area contributed by atoms with Gasteiger partial charge in [-0.1, -0.05) is 24.3 Å². The van der Waals surface area contributed by atoms with Gasteiger partial charge in [0.1, 0.15) is 5.82 Å². The molecule has 122 valence electrons. The number of halogens is 1. The summed E-state index contributed by atoms with van der Waals surface area (Å²) in [7, 11) is 0. The zero-order chi connectivity index (χ0) is 16.1. The Morgan fingerprint density at radius 3 is 2.48 bits per heavy atom. The molecule has 2 N–H and O–H groups in total. The lowest BCUT2D eigenvalue weighted by Crippen LogP contribution is -2.47. The van der Waals surface area contributed by atoms with Crippen molar-refractivity contribution in [1.29, 1.82) is 0 Å². The second kappa shape index (κ2) is 7.47. The molecule has 2 aromatic carbocycles.